The molecule has 2 saturated carbocycles. The van der Waals surface area contributed by atoms with Gasteiger partial charge >= 0.3 is 0 Å². The third-order valence-corrected chi connectivity index (χ3v) is 5.07. The highest BCUT2D eigenvalue weighted by Gasteiger charge is 2.36. The van der Waals surface area contributed by atoms with Crippen molar-refractivity contribution in [2.24, 2.45) is 11.8 Å². The molecule has 2 nitrogen and oxygen atoms in total. The molecule has 2 fully saturated rings. The lowest BCUT2D eigenvalue weighted by Gasteiger charge is -2.40. The van der Waals surface area contributed by atoms with Crippen LogP contribution in [0.25, 0.3) is 0 Å². The lowest BCUT2D eigenvalue weighted by molar-refractivity contribution is -0.122. The van der Waals surface area contributed by atoms with E-state index in [-0.39, 0.29) is 5.60 Å². The van der Waals surface area contributed by atoms with Crippen molar-refractivity contribution in [2.75, 3.05) is 13.6 Å². The molecule has 1 N–H and O–H groups in total. The van der Waals surface area contributed by atoms with Gasteiger partial charge in [-0.1, -0.05) is 39.5 Å². The van der Waals surface area contributed by atoms with Crippen LogP contribution < -0.4 is 5.32 Å². The Morgan fingerprint density at radius 1 is 0.947 bits per heavy atom. The smallest absolute Gasteiger partial charge is 0.0809 e. The van der Waals surface area contributed by atoms with E-state index in [2.05, 4.69) is 26.2 Å². The minimum absolute atomic E-state index is 0.132. The normalized spacial score (nSPS) is 35.8. The zero-order valence-corrected chi connectivity index (χ0v) is 13.2. The fraction of sp³-hybridized carbons (Fsp3) is 1.00. The van der Waals surface area contributed by atoms with Gasteiger partial charge in [-0.2, -0.15) is 0 Å². The standard InChI is InChI=1S/C17H33NO/c1-14-10-15(2)12-16(11-14)19-17(13-18-3)8-6-4-5-7-9-17/h14-16,18H,4-13H2,1-3H3. The Balaban J connectivity index is 1.98. The van der Waals surface area contributed by atoms with E-state index >= 15 is 0 Å². The quantitative estimate of drug-likeness (QED) is 0.773. The van der Waals surface area contributed by atoms with Gasteiger partial charge in [0, 0.05) is 6.54 Å². The first-order valence-electron chi connectivity index (χ1n) is 8.46. The first-order valence-corrected chi connectivity index (χ1v) is 8.46. The zero-order chi connectivity index (χ0) is 13.7. The van der Waals surface area contributed by atoms with E-state index in [0.29, 0.717) is 6.10 Å². The number of ether oxygens (including phenoxy) is 1. The molecule has 0 aliphatic heterocycles. The van der Waals surface area contributed by atoms with Crippen molar-refractivity contribution in [1.82, 2.24) is 5.32 Å². The molecule has 2 rings (SSSR count). The fourth-order valence-electron chi connectivity index (χ4n) is 4.35. The highest BCUT2D eigenvalue weighted by molar-refractivity contribution is 4.88. The summed E-state index contributed by atoms with van der Waals surface area (Å²) in [4.78, 5) is 0. The molecule has 19 heavy (non-hydrogen) atoms. The predicted molar refractivity (Wildman–Crippen MR) is 81.4 cm³/mol. The first kappa shape index (κ1) is 15.3. The van der Waals surface area contributed by atoms with Crippen molar-refractivity contribution in [3.63, 3.8) is 0 Å². The van der Waals surface area contributed by atoms with Crippen LogP contribution in [0.3, 0.4) is 0 Å². The van der Waals surface area contributed by atoms with Crippen molar-refractivity contribution in [1.29, 1.82) is 0 Å². The molecule has 0 radical (unpaired) electrons. The maximum Gasteiger partial charge on any atom is 0.0809 e. The van der Waals surface area contributed by atoms with Gasteiger partial charge in [-0.05, 0) is 51.0 Å². The molecule has 0 spiro atoms. The Kier molecular flexibility index (Phi) is 5.70. The summed E-state index contributed by atoms with van der Waals surface area (Å²) in [5.41, 5.74) is 0.132. The van der Waals surface area contributed by atoms with E-state index in [1.54, 1.807) is 0 Å². The lowest BCUT2D eigenvalue weighted by atomic mass is 9.81. The van der Waals surface area contributed by atoms with E-state index in [4.69, 9.17) is 4.74 Å². The maximum absolute atomic E-state index is 6.72. The van der Waals surface area contributed by atoms with Crippen LogP contribution in [0.15, 0.2) is 0 Å². The van der Waals surface area contributed by atoms with Gasteiger partial charge in [0.05, 0.1) is 11.7 Å². The molecule has 2 unspecified atom stereocenters. The Morgan fingerprint density at radius 2 is 1.53 bits per heavy atom. The van der Waals surface area contributed by atoms with Gasteiger partial charge in [0.15, 0.2) is 0 Å². The van der Waals surface area contributed by atoms with Gasteiger partial charge in [-0.15, -0.1) is 0 Å². The van der Waals surface area contributed by atoms with Gasteiger partial charge < -0.3 is 10.1 Å². The minimum Gasteiger partial charge on any atom is -0.370 e. The molecule has 0 saturated heterocycles. The number of likely N-dealkylation sites (N-methyl/N-ethyl adjacent to an activating group) is 1. The minimum atomic E-state index is 0.132. The molecule has 0 heterocycles. The van der Waals surface area contributed by atoms with Gasteiger partial charge in [0.1, 0.15) is 0 Å². The highest BCUT2D eigenvalue weighted by Crippen LogP contribution is 2.37. The number of nitrogens with one attached hydrogen (secondary N) is 1. The van der Waals surface area contributed by atoms with Crippen molar-refractivity contribution in [3.05, 3.63) is 0 Å². The van der Waals surface area contributed by atoms with Gasteiger partial charge in [0.2, 0.25) is 0 Å². The molecule has 2 atom stereocenters. The van der Waals surface area contributed by atoms with E-state index in [0.717, 1.165) is 18.4 Å². The van der Waals surface area contributed by atoms with Crippen LogP contribution in [-0.4, -0.2) is 25.3 Å². The Bertz CT molecular complexity index is 248. The second-order valence-corrected chi connectivity index (χ2v) is 7.28. The van der Waals surface area contributed by atoms with Crippen LogP contribution in [0.5, 0.6) is 0 Å². The summed E-state index contributed by atoms with van der Waals surface area (Å²) in [5.74, 6) is 1.68. The molecular formula is C17H33NO. The molecule has 0 aromatic heterocycles. The average molecular weight is 267 g/mol. The van der Waals surface area contributed by atoms with Crippen molar-refractivity contribution in [3.8, 4) is 0 Å². The number of hydrogen-bond acceptors (Lipinski definition) is 2. The van der Waals surface area contributed by atoms with Crippen LogP contribution in [0.2, 0.25) is 0 Å². The Morgan fingerprint density at radius 3 is 2.05 bits per heavy atom. The largest absolute Gasteiger partial charge is 0.370 e. The molecule has 112 valence electrons. The van der Waals surface area contributed by atoms with E-state index in [9.17, 15) is 0 Å². The number of rotatable bonds is 4. The van der Waals surface area contributed by atoms with Crippen molar-refractivity contribution >= 4 is 0 Å². The average Bonchev–Trinajstić information content (AvgIpc) is 2.54. The van der Waals surface area contributed by atoms with Gasteiger partial charge in [-0.25, -0.2) is 0 Å². The Hall–Kier alpha value is -0.0800. The molecular weight excluding hydrogens is 234 g/mol. The molecule has 2 heteroatoms. The Labute approximate surface area is 119 Å². The molecule has 2 aliphatic carbocycles. The monoisotopic (exact) mass is 267 g/mol. The molecule has 2 aliphatic rings. The molecule has 0 aromatic rings. The predicted octanol–water partition coefficient (Wildman–Crippen LogP) is 4.14. The summed E-state index contributed by atoms with van der Waals surface area (Å²) in [5, 5.41) is 3.39. The van der Waals surface area contributed by atoms with Crippen LogP contribution >= 0.6 is 0 Å². The lowest BCUT2D eigenvalue weighted by Crippen LogP contribution is -2.45. The van der Waals surface area contributed by atoms with Crippen LogP contribution in [0, 0.1) is 11.8 Å². The van der Waals surface area contributed by atoms with Crippen LogP contribution in [0.4, 0.5) is 0 Å². The topological polar surface area (TPSA) is 21.3 Å². The first-order chi connectivity index (χ1) is 9.13. The second-order valence-electron chi connectivity index (χ2n) is 7.28. The summed E-state index contributed by atoms with van der Waals surface area (Å²) >= 11 is 0. The van der Waals surface area contributed by atoms with Gasteiger partial charge in [0.25, 0.3) is 0 Å². The van der Waals surface area contributed by atoms with E-state index in [1.165, 1.54) is 57.8 Å². The summed E-state index contributed by atoms with van der Waals surface area (Å²) in [6.45, 7) is 5.82. The fourth-order valence-corrected chi connectivity index (χ4v) is 4.35. The summed E-state index contributed by atoms with van der Waals surface area (Å²) in [6.07, 6.45) is 12.4. The molecule has 0 aromatic carbocycles. The number of hydrogen-bond donors (Lipinski definition) is 1. The maximum atomic E-state index is 6.72. The summed E-state index contributed by atoms with van der Waals surface area (Å²) in [6, 6.07) is 0. The van der Waals surface area contributed by atoms with Crippen molar-refractivity contribution < 1.29 is 4.74 Å². The van der Waals surface area contributed by atoms with E-state index < -0.39 is 0 Å². The van der Waals surface area contributed by atoms with Crippen molar-refractivity contribution in [2.45, 2.75) is 83.3 Å². The SMILES string of the molecule is CNCC1(OC2CC(C)CC(C)C2)CCCCCC1. The zero-order valence-electron chi connectivity index (χ0n) is 13.2. The third kappa shape index (κ3) is 4.46. The van der Waals surface area contributed by atoms with Crippen LogP contribution in [0.1, 0.15) is 71.6 Å². The van der Waals surface area contributed by atoms with Gasteiger partial charge in [-0.3, -0.25) is 0 Å². The molecule has 0 bridgehead atoms. The summed E-state index contributed by atoms with van der Waals surface area (Å²) in [7, 11) is 2.07. The molecule has 0 amide bonds. The highest BCUT2D eigenvalue weighted by atomic mass is 16.5. The van der Waals surface area contributed by atoms with Crippen LogP contribution in [-0.2, 0) is 4.74 Å². The second kappa shape index (κ2) is 7.08. The summed E-state index contributed by atoms with van der Waals surface area (Å²) < 4.78 is 6.72. The third-order valence-electron chi connectivity index (χ3n) is 5.07. The van der Waals surface area contributed by atoms with E-state index in [1.807, 2.05) is 0 Å².